The molecule has 25 heavy (non-hydrogen) atoms. The Morgan fingerprint density at radius 1 is 1.16 bits per heavy atom. The van der Waals surface area contributed by atoms with Crippen LogP contribution in [0.25, 0.3) is 10.9 Å². The first-order valence-corrected chi connectivity index (χ1v) is 9.86. The second-order valence-corrected chi connectivity index (χ2v) is 7.56. The number of carbonyl (C=O) groups is 1. The summed E-state index contributed by atoms with van der Waals surface area (Å²) in [4.78, 5) is 18.4. The highest BCUT2D eigenvalue weighted by Crippen LogP contribution is 2.34. The molecule has 0 atom stereocenters. The van der Waals surface area contributed by atoms with Crippen molar-refractivity contribution in [3.8, 4) is 0 Å². The van der Waals surface area contributed by atoms with Crippen molar-refractivity contribution >= 4 is 16.8 Å². The Hall–Kier alpha value is -1.81. The molecule has 134 valence electrons. The smallest absolute Gasteiger partial charge is 0.225 e. The van der Waals surface area contributed by atoms with Crippen LogP contribution in [0.5, 0.6) is 0 Å². The van der Waals surface area contributed by atoms with Gasteiger partial charge in [0.1, 0.15) is 0 Å². The van der Waals surface area contributed by atoms with Crippen LogP contribution in [0.1, 0.15) is 49.7 Å². The quantitative estimate of drug-likeness (QED) is 0.900. The van der Waals surface area contributed by atoms with Gasteiger partial charge in [0, 0.05) is 36.1 Å². The lowest BCUT2D eigenvalue weighted by Crippen LogP contribution is -2.44. The molecule has 2 saturated heterocycles. The third-order valence-corrected chi connectivity index (χ3v) is 6.15. The lowest BCUT2D eigenvalue weighted by Gasteiger charge is -2.35. The highest BCUT2D eigenvalue weighted by molar-refractivity contribution is 5.86. The van der Waals surface area contributed by atoms with Crippen molar-refractivity contribution in [2.45, 2.75) is 44.9 Å². The number of nitrogens with one attached hydrogen (secondary N) is 2. The number of para-hydroxylation sites is 1. The van der Waals surface area contributed by atoms with Crippen LogP contribution in [-0.4, -0.2) is 42.0 Å². The molecule has 3 heterocycles. The number of aryl methyl sites for hydroxylation is 1. The van der Waals surface area contributed by atoms with Crippen molar-refractivity contribution in [3.05, 3.63) is 35.5 Å². The first-order chi connectivity index (χ1) is 12.3. The third kappa shape index (κ3) is 3.20. The minimum atomic E-state index is 0.248. The van der Waals surface area contributed by atoms with Gasteiger partial charge in [-0.2, -0.15) is 0 Å². The van der Waals surface area contributed by atoms with Gasteiger partial charge in [0.25, 0.3) is 0 Å². The van der Waals surface area contributed by atoms with E-state index in [1.807, 2.05) is 0 Å². The lowest BCUT2D eigenvalue weighted by molar-refractivity contribution is -0.137. The van der Waals surface area contributed by atoms with Crippen LogP contribution in [0.2, 0.25) is 0 Å². The van der Waals surface area contributed by atoms with E-state index in [2.05, 4.69) is 46.5 Å². The van der Waals surface area contributed by atoms with Crippen molar-refractivity contribution in [2.24, 2.45) is 5.92 Å². The summed E-state index contributed by atoms with van der Waals surface area (Å²) in [5, 5.41) is 4.73. The van der Waals surface area contributed by atoms with Crippen molar-refractivity contribution in [2.75, 3.05) is 26.2 Å². The van der Waals surface area contributed by atoms with Gasteiger partial charge in [0.15, 0.2) is 0 Å². The van der Waals surface area contributed by atoms with Crippen LogP contribution in [0, 0.1) is 5.92 Å². The van der Waals surface area contributed by atoms with Gasteiger partial charge in [-0.3, -0.25) is 4.79 Å². The molecule has 0 unspecified atom stereocenters. The van der Waals surface area contributed by atoms with Crippen molar-refractivity contribution < 1.29 is 4.79 Å². The van der Waals surface area contributed by atoms with Crippen LogP contribution < -0.4 is 5.32 Å². The highest BCUT2D eigenvalue weighted by atomic mass is 16.2. The van der Waals surface area contributed by atoms with Gasteiger partial charge in [0.05, 0.1) is 0 Å². The molecule has 4 heteroatoms. The minimum Gasteiger partial charge on any atom is -0.361 e. The van der Waals surface area contributed by atoms with Crippen LogP contribution in [0.4, 0.5) is 0 Å². The maximum absolute atomic E-state index is 12.7. The van der Waals surface area contributed by atoms with Crippen molar-refractivity contribution in [3.63, 3.8) is 0 Å². The number of fused-ring (bicyclic) bond motifs is 1. The lowest BCUT2D eigenvalue weighted by atomic mass is 9.87. The van der Waals surface area contributed by atoms with E-state index >= 15 is 0 Å². The molecule has 2 N–H and O–H groups in total. The first-order valence-electron chi connectivity index (χ1n) is 9.86. The molecule has 1 aromatic heterocycles. The maximum Gasteiger partial charge on any atom is 0.225 e. The molecular formula is C21H29N3O. The van der Waals surface area contributed by atoms with E-state index < -0.39 is 0 Å². The normalized spacial score (nSPS) is 20.3. The van der Waals surface area contributed by atoms with Gasteiger partial charge >= 0.3 is 0 Å². The van der Waals surface area contributed by atoms with Crippen molar-refractivity contribution in [1.29, 1.82) is 0 Å². The number of benzene rings is 1. The molecule has 2 aromatic rings. The van der Waals surface area contributed by atoms with Crippen LogP contribution >= 0.6 is 0 Å². The van der Waals surface area contributed by atoms with Gasteiger partial charge in [-0.25, -0.2) is 0 Å². The van der Waals surface area contributed by atoms with E-state index in [1.54, 1.807) is 0 Å². The predicted molar refractivity (Wildman–Crippen MR) is 102 cm³/mol. The van der Waals surface area contributed by atoms with Crippen LogP contribution in [-0.2, 0) is 11.2 Å². The van der Waals surface area contributed by atoms with E-state index in [1.165, 1.54) is 22.0 Å². The van der Waals surface area contributed by atoms with E-state index in [-0.39, 0.29) is 5.92 Å². The number of likely N-dealkylation sites (tertiary alicyclic amines) is 1. The molecule has 0 radical (unpaired) electrons. The number of hydrogen-bond donors (Lipinski definition) is 2. The highest BCUT2D eigenvalue weighted by Gasteiger charge is 2.30. The summed E-state index contributed by atoms with van der Waals surface area (Å²) in [6, 6.07) is 6.63. The Labute approximate surface area is 150 Å². The van der Waals surface area contributed by atoms with E-state index in [9.17, 15) is 4.79 Å². The number of nitrogens with zero attached hydrogens (tertiary/aromatic N) is 1. The number of aromatic amines is 1. The van der Waals surface area contributed by atoms with Crippen LogP contribution in [0.3, 0.4) is 0 Å². The summed E-state index contributed by atoms with van der Waals surface area (Å²) in [6.45, 7) is 6.01. The fourth-order valence-corrected chi connectivity index (χ4v) is 4.61. The largest absolute Gasteiger partial charge is 0.361 e. The summed E-state index contributed by atoms with van der Waals surface area (Å²) < 4.78 is 0. The van der Waals surface area contributed by atoms with Gasteiger partial charge in [0.2, 0.25) is 5.91 Å². The summed E-state index contributed by atoms with van der Waals surface area (Å²) in [5.74, 6) is 1.21. The van der Waals surface area contributed by atoms with E-state index in [4.69, 9.17) is 0 Å². The van der Waals surface area contributed by atoms with Crippen molar-refractivity contribution in [1.82, 2.24) is 15.2 Å². The number of H-pyrrole nitrogens is 1. The number of aromatic nitrogens is 1. The summed E-state index contributed by atoms with van der Waals surface area (Å²) in [5.41, 5.74) is 4.13. The standard InChI is InChI=1S/C21H29N3O/c1-2-15-4-3-5-18-19(14-23-20(15)18)16-8-12-24(13-9-16)21(25)17-6-10-22-11-7-17/h3-5,14,16-17,22-23H,2,6-13H2,1H3. The average Bonchev–Trinajstić information content (AvgIpc) is 3.12. The number of piperidine rings is 2. The number of hydrogen-bond acceptors (Lipinski definition) is 2. The second kappa shape index (κ2) is 7.20. The predicted octanol–water partition coefficient (Wildman–Crippen LogP) is 3.44. The molecule has 0 spiro atoms. The SMILES string of the molecule is CCc1cccc2c(C3CCN(C(=O)C4CCNCC4)CC3)c[nH]c12. The van der Waals surface area contributed by atoms with Crippen LogP contribution in [0.15, 0.2) is 24.4 Å². The maximum atomic E-state index is 12.7. The van der Waals surface area contributed by atoms with Gasteiger partial charge in [-0.15, -0.1) is 0 Å². The topological polar surface area (TPSA) is 48.1 Å². The summed E-state index contributed by atoms with van der Waals surface area (Å²) >= 11 is 0. The average molecular weight is 339 g/mol. The first kappa shape index (κ1) is 16.6. The molecule has 1 amide bonds. The van der Waals surface area contributed by atoms with Gasteiger partial charge in [-0.05, 0) is 62.2 Å². The third-order valence-electron chi connectivity index (χ3n) is 6.15. The number of amides is 1. The summed E-state index contributed by atoms with van der Waals surface area (Å²) in [7, 11) is 0. The molecule has 0 bridgehead atoms. The summed E-state index contributed by atoms with van der Waals surface area (Å²) in [6.07, 6.45) is 7.43. The monoisotopic (exact) mass is 339 g/mol. The molecular weight excluding hydrogens is 310 g/mol. The zero-order chi connectivity index (χ0) is 17.2. The molecule has 2 aliphatic heterocycles. The Bertz CT molecular complexity index is 737. The molecule has 0 aliphatic carbocycles. The van der Waals surface area contributed by atoms with E-state index in [0.29, 0.717) is 11.8 Å². The Kier molecular flexibility index (Phi) is 4.80. The molecule has 2 aliphatic rings. The molecule has 4 nitrogen and oxygen atoms in total. The Balaban J connectivity index is 1.44. The molecule has 0 saturated carbocycles. The molecule has 1 aromatic carbocycles. The fourth-order valence-electron chi connectivity index (χ4n) is 4.61. The number of carbonyl (C=O) groups excluding carboxylic acids is 1. The fraction of sp³-hybridized carbons (Fsp3) is 0.571. The van der Waals surface area contributed by atoms with Gasteiger partial charge in [-0.1, -0.05) is 25.1 Å². The minimum absolute atomic E-state index is 0.248. The Morgan fingerprint density at radius 2 is 1.92 bits per heavy atom. The molecule has 4 rings (SSSR count). The van der Waals surface area contributed by atoms with E-state index in [0.717, 1.165) is 58.3 Å². The Morgan fingerprint density at radius 3 is 2.64 bits per heavy atom. The zero-order valence-corrected chi connectivity index (χ0v) is 15.2. The number of rotatable bonds is 3. The van der Waals surface area contributed by atoms with Gasteiger partial charge < -0.3 is 15.2 Å². The molecule has 2 fully saturated rings. The zero-order valence-electron chi connectivity index (χ0n) is 15.2. The second-order valence-electron chi connectivity index (χ2n) is 7.56.